The molecule has 0 saturated carbocycles. The highest BCUT2D eigenvalue weighted by molar-refractivity contribution is 7.91. The molecular formula is C19H22N2O9S. The van der Waals surface area contributed by atoms with E-state index in [-0.39, 0.29) is 55.4 Å². The summed E-state index contributed by atoms with van der Waals surface area (Å²) in [4.78, 5) is 48.0. The molecule has 1 atom stereocenters. The van der Waals surface area contributed by atoms with Gasteiger partial charge in [0.15, 0.2) is 9.84 Å². The van der Waals surface area contributed by atoms with Crippen molar-refractivity contribution in [2.75, 3.05) is 32.2 Å². The van der Waals surface area contributed by atoms with Crippen molar-refractivity contribution in [1.29, 1.82) is 0 Å². The Morgan fingerprint density at radius 2 is 1.90 bits per heavy atom. The van der Waals surface area contributed by atoms with Crippen molar-refractivity contribution in [1.82, 2.24) is 10.2 Å². The number of ether oxygens (including phenoxy) is 2. The van der Waals surface area contributed by atoms with Gasteiger partial charge in [0.1, 0.15) is 12.6 Å². The molecule has 0 spiro atoms. The number of carboxylic acids is 1. The molecule has 1 unspecified atom stereocenters. The summed E-state index contributed by atoms with van der Waals surface area (Å²) in [7, 11) is -3.79. The number of nitrogens with one attached hydrogen (secondary N) is 1. The fourth-order valence-corrected chi connectivity index (χ4v) is 4.90. The van der Waals surface area contributed by atoms with Gasteiger partial charge in [-0.2, -0.15) is 0 Å². The molecule has 0 radical (unpaired) electrons. The lowest BCUT2D eigenvalue weighted by Gasteiger charge is -2.29. The summed E-state index contributed by atoms with van der Waals surface area (Å²) >= 11 is 0. The second-order valence-corrected chi connectivity index (χ2v) is 9.14. The number of hydrogen-bond acceptors (Lipinski definition) is 8. The van der Waals surface area contributed by atoms with Gasteiger partial charge in [-0.25, -0.2) is 13.2 Å². The van der Waals surface area contributed by atoms with Crippen LogP contribution in [0.2, 0.25) is 0 Å². The Morgan fingerprint density at radius 3 is 2.61 bits per heavy atom. The molecule has 1 saturated heterocycles. The van der Waals surface area contributed by atoms with E-state index >= 15 is 0 Å². The Morgan fingerprint density at radius 1 is 1.16 bits per heavy atom. The van der Waals surface area contributed by atoms with Crippen LogP contribution in [0.4, 0.5) is 0 Å². The van der Waals surface area contributed by atoms with Crippen LogP contribution in [0, 0.1) is 0 Å². The van der Waals surface area contributed by atoms with Crippen LogP contribution in [0.15, 0.2) is 23.1 Å². The number of aliphatic carboxylic acids is 1. The molecule has 0 bridgehead atoms. The zero-order valence-electron chi connectivity index (χ0n) is 16.5. The number of carboxylic acid groups (broad SMARTS) is 1. The molecule has 1 fully saturated rings. The molecule has 2 aliphatic rings. The number of benzene rings is 1. The lowest BCUT2D eigenvalue weighted by molar-refractivity contribution is -0.142. The monoisotopic (exact) mass is 454 g/mol. The van der Waals surface area contributed by atoms with Gasteiger partial charge in [0.05, 0.1) is 30.5 Å². The van der Waals surface area contributed by atoms with Crippen LogP contribution in [0.1, 0.15) is 28.8 Å². The Balaban J connectivity index is 1.65. The van der Waals surface area contributed by atoms with E-state index in [1.165, 1.54) is 23.1 Å². The molecule has 12 heteroatoms. The predicted molar refractivity (Wildman–Crippen MR) is 104 cm³/mol. The fraction of sp³-hybridized carbons (Fsp3) is 0.474. The Hall–Kier alpha value is -2.83. The first kappa shape index (κ1) is 22.8. The minimum absolute atomic E-state index is 0.00105. The molecule has 3 amide bonds. The van der Waals surface area contributed by atoms with E-state index in [1.807, 2.05) is 0 Å². The van der Waals surface area contributed by atoms with E-state index in [0.29, 0.717) is 5.56 Å². The molecule has 2 N–H and O–H groups in total. The summed E-state index contributed by atoms with van der Waals surface area (Å²) in [5.74, 6) is -2.87. The predicted octanol–water partition coefficient (Wildman–Crippen LogP) is -0.661. The first-order valence-corrected chi connectivity index (χ1v) is 11.2. The standard InChI is InChI=1S/C19H22N2O9S/c22-16-5-4-14(18(25)20-16)21-10-13-12(19(21)26)2-1-3-15(13)31(27,28)9-8-29-6-7-30-11-17(23)24/h1-3,14H,4-11H2,(H,23,24)(H,20,22,25). The highest BCUT2D eigenvalue weighted by atomic mass is 32.2. The number of carbonyl (C=O) groups excluding carboxylic acids is 3. The lowest BCUT2D eigenvalue weighted by Crippen LogP contribution is -2.52. The van der Waals surface area contributed by atoms with Gasteiger partial charge < -0.3 is 19.5 Å². The topological polar surface area (TPSA) is 156 Å². The van der Waals surface area contributed by atoms with Crippen LogP contribution in [0.3, 0.4) is 0 Å². The second-order valence-electron chi connectivity index (χ2n) is 7.06. The summed E-state index contributed by atoms with van der Waals surface area (Å²) in [6.45, 7) is -0.581. The first-order chi connectivity index (χ1) is 14.7. The average molecular weight is 454 g/mol. The number of fused-ring (bicyclic) bond motifs is 1. The summed E-state index contributed by atoms with van der Waals surface area (Å²) in [5.41, 5.74) is 0.538. The molecule has 168 valence electrons. The average Bonchev–Trinajstić information content (AvgIpc) is 3.03. The number of rotatable bonds is 10. The lowest BCUT2D eigenvalue weighted by atomic mass is 10.0. The number of nitrogens with zero attached hydrogens (tertiary/aromatic N) is 1. The molecular weight excluding hydrogens is 432 g/mol. The van der Waals surface area contributed by atoms with Crippen molar-refractivity contribution in [3.8, 4) is 0 Å². The number of imide groups is 1. The van der Waals surface area contributed by atoms with Gasteiger partial charge in [0.25, 0.3) is 5.91 Å². The van der Waals surface area contributed by atoms with Crippen molar-refractivity contribution < 1.29 is 42.2 Å². The third kappa shape index (κ3) is 5.27. The number of sulfone groups is 1. The van der Waals surface area contributed by atoms with Gasteiger partial charge in [-0.3, -0.25) is 19.7 Å². The molecule has 3 rings (SSSR count). The normalized spacial score (nSPS) is 18.8. The SMILES string of the molecule is O=C(O)COCCOCCS(=O)(=O)c1cccc2c1CN(C1CCC(=O)NC1=O)C2=O. The van der Waals surface area contributed by atoms with Crippen molar-refractivity contribution in [3.05, 3.63) is 29.3 Å². The van der Waals surface area contributed by atoms with E-state index in [9.17, 15) is 27.6 Å². The number of hydrogen-bond donors (Lipinski definition) is 2. The zero-order chi connectivity index (χ0) is 22.6. The van der Waals surface area contributed by atoms with Gasteiger partial charge in [-0.15, -0.1) is 0 Å². The maximum Gasteiger partial charge on any atom is 0.329 e. The minimum atomic E-state index is -3.79. The van der Waals surface area contributed by atoms with Crippen LogP contribution in [-0.2, 0) is 40.2 Å². The Kier molecular flexibility index (Phi) is 7.03. The zero-order valence-corrected chi connectivity index (χ0v) is 17.4. The summed E-state index contributed by atoms with van der Waals surface area (Å²) in [6, 6.07) is 3.56. The minimum Gasteiger partial charge on any atom is -0.480 e. The van der Waals surface area contributed by atoms with Crippen molar-refractivity contribution in [2.45, 2.75) is 30.3 Å². The molecule has 1 aromatic carbocycles. The molecule has 2 heterocycles. The van der Waals surface area contributed by atoms with Gasteiger partial charge in [0, 0.05) is 24.1 Å². The van der Waals surface area contributed by atoms with Crippen molar-refractivity contribution in [2.24, 2.45) is 0 Å². The van der Waals surface area contributed by atoms with E-state index in [0.717, 1.165) is 0 Å². The van der Waals surface area contributed by atoms with Crippen LogP contribution < -0.4 is 5.32 Å². The van der Waals surface area contributed by atoms with Gasteiger partial charge in [-0.05, 0) is 18.6 Å². The molecule has 11 nitrogen and oxygen atoms in total. The van der Waals surface area contributed by atoms with Crippen molar-refractivity contribution in [3.63, 3.8) is 0 Å². The van der Waals surface area contributed by atoms with Gasteiger partial charge >= 0.3 is 5.97 Å². The maximum atomic E-state index is 12.8. The molecule has 0 aliphatic carbocycles. The van der Waals surface area contributed by atoms with Crippen LogP contribution in [0.5, 0.6) is 0 Å². The van der Waals surface area contributed by atoms with Gasteiger partial charge in [-0.1, -0.05) is 6.07 Å². The fourth-order valence-electron chi connectivity index (χ4n) is 3.51. The number of carbonyl (C=O) groups is 4. The maximum absolute atomic E-state index is 12.8. The third-order valence-corrected chi connectivity index (χ3v) is 6.72. The smallest absolute Gasteiger partial charge is 0.329 e. The summed E-state index contributed by atoms with van der Waals surface area (Å²) in [5, 5.41) is 10.7. The quantitative estimate of drug-likeness (QED) is 0.346. The van der Waals surface area contributed by atoms with E-state index in [2.05, 4.69) is 5.32 Å². The summed E-state index contributed by atoms with van der Waals surface area (Å²) in [6.07, 6.45) is 0.291. The second kappa shape index (κ2) is 9.54. The molecule has 31 heavy (non-hydrogen) atoms. The van der Waals surface area contributed by atoms with Crippen LogP contribution in [-0.4, -0.2) is 80.3 Å². The van der Waals surface area contributed by atoms with Gasteiger partial charge in [0.2, 0.25) is 11.8 Å². The molecule has 0 aromatic heterocycles. The molecule has 1 aromatic rings. The van der Waals surface area contributed by atoms with Crippen LogP contribution >= 0.6 is 0 Å². The summed E-state index contributed by atoms with van der Waals surface area (Å²) < 4.78 is 35.6. The molecule has 2 aliphatic heterocycles. The Bertz CT molecular complexity index is 1010. The third-order valence-electron chi connectivity index (χ3n) is 4.97. The van der Waals surface area contributed by atoms with E-state index in [4.69, 9.17) is 14.6 Å². The van der Waals surface area contributed by atoms with E-state index in [1.54, 1.807) is 0 Å². The Labute approximate surface area is 178 Å². The highest BCUT2D eigenvalue weighted by Crippen LogP contribution is 2.32. The van der Waals surface area contributed by atoms with Crippen molar-refractivity contribution >= 4 is 33.5 Å². The highest BCUT2D eigenvalue weighted by Gasteiger charge is 2.40. The number of amides is 3. The van der Waals surface area contributed by atoms with E-state index < -0.39 is 46.2 Å². The number of piperidine rings is 1. The first-order valence-electron chi connectivity index (χ1n) is 9.57. The van der Waals surface area contributed by atoms with Crippen LogP contribution in [0.25, 0.3) is 0 Å². The largest absolute Gasteiger partial charge is 0.480 e.